The minimum Gasteiger partial charge on any atom is -0.456 e. The number of furan rings is 1. The first-order chi connectivity index (χ1) is 27.7. The second-order valence-corrected chi connectivity index (χ2v) is 14.4. The van der Waals surface area contributed by atoms with Gasteiger partial charge in [0.2, 0.25) is 0 Å². The molecule has 56 heavy (non-hydrogen) atoms. The van der Waals surface area contributed by atoms with Crippen molar-refractivity contribution in [3.05, 3.63) is 182 Å². The number of para-hydroxylation sites is 2. The van der Waals surface area contributed by atoms with Crippen LogP contribution in [0.1, 0.15) is 0 Å². The minimum atomic E-state index is 0.575. The van der Waals surface area contributed by atoms with Gasteiger partial charge in [0.15, 0.2) is 17.5 Å². The van der Waals surface area contributed by atoms with Crippen LogP contribution < -0.4 is 0 Å². The average Bonchev–Trinajstić information content (AvgIpc) is 3.80. The number of hydrogen-bond acceptors (Lipinski definition) is 4. The third kappa shape index (κ3) is 4.64. The Hall–Kier alpha value is -7.63. The van der Waals surface area contributed by atoms with Gasteiger partial charge in [-0.15, -0.1) is 0 Å². The van der Waals surface area contributed by atoms with Gasteiger partial charge in [0.05, 0.1) is 22.3 Å². The molecule has 0 spiro atoms. The van der Waals surface area contributed by atoms with Crippen molar-refractivity contribution in [2.24, 2.45) is 0 Å². The Morgan fingerprint density at radius 1 is 0.357 bits per heavy atom. The lowest BCUT2D eigenvalue weighted by Crippen LogP contribution is -2.04. The molecule has 12 rings (SSSR count). The Morgan fingerprint density at radius 3 is 1.86 bits per heavy atom. The van der Waals surface area contributed by atoms with Gasteiger partial charge in [-0.1, -0.05) is 140 Å². The van der Waals surface area contributed by atoms with E-state index in [1.54, 1.807) is 0 Å². The predicted octanol–water partition coefficient (Wildman–Crippen LogP) is 13.3. The summed E-state index contributed by atoms with van der Waals surface area (Å²) in [5.41, 5.74) is 7.48. The molecule has 5 nitrogen and oxygen atoms in total. The SMILES string of the molecule is c1ccc(-c2nc(-c3ccc4c(ccc5ccccc54)c3)nc(-c3c(-n4c5ccccc5c5cc6ccccc6cc54)ccc4oc5ccccc5c34)n2)cc1. The van der Waals surface area contributed by atoms with Crippen LogP contribution in [0.4, 0.5) is 0 Å². The number of rotatable bonds is 4. The highest BCUT2D eigenvalue weighted by atomic mass is 16.3. The van der Waals surface area contributed by atoms with Crippen LogP contribution in [0.15, 0.2) is 186 Å². The van der Waals surface area contributed by atoms with Gasteiger partial charge in [-0.25, -0.2) is 15.0 Å². The third-order valence-electron chi connectivity index (χ3n) is 11.2. The first-order valence-electron chi connectivity index (χ1n) is 18.9. The van der Waals surface area contributed by atoms with E-state index in [1.165, 1.54) is 37.7 Å². The minimum absolute atomic E-state index is 0.575. The zero-order valence-electron chi connectivity index (χ0n) is 30.0. The average molecular weight is 715 g/mol. The second-order valence-electron chi connectivity index (χ2n) is 14.4. The van der Waals surface area contributed by atoms with Gasteiger partial charge in [-0.05, 0) is 74.8 Å². The summed E-state index contributed by atoms with van der Waals surface area (Å²) in [7, 11) is 0. The molecule has 5 heteroatoms. The summed E-state index contributed by atoms with van der Waals surface area (Å²) in [5.74, 6) is 1.78. The molecule has 0 aliphatic heterocycles. The fourth-order valence-corrected chi connectivity index (χ4v) is 8.62. The zero-order chi connectivity index (χ0) is 36.7. The molecule has 0 aliphatic carbocycles. The van der Waals surface area contributed by atoms with Crippen molar-refractivity contribution in [1.29, 1.82) is 0 Å². The van der Waals surface area contributed by atoms with Gasteiger partial charge < -0.3 is 8.98 Å². The largest absolute Gasteiger partial charge is 0.456 e. The van der Waals surface area contributed by atoms with Crippen LogP contribution in [0.2, 0.25) is 0 Å². The molecule has 0 saturated heterocycles. The van der Waals surface area contributed by atoms with Crippen molar-refractivity contribution >= 4 is 76.1 Å². The van der Waals surface area contributed by atoms with E-state index in [0.717, 1.165) is 60.7 Å². The van der Waals surface area contributed by atoms with Crippen LogP contribution >= 0.6 is 0 Å². The molecule has 9 aromatic carbocycles. The number of benzene rings is 9. The van der Waals surface area contributed by atoms with Gasteiger partial charge in [-0.3, -0.25) is 0 Å². The smallest absolute Gasteiger partial charge is 0.166 e. The molecule has 0 fully saturated rings. The number of aromatic nitrogens is 4. The molecule has 0 N–H and O–H groups in total. The molecule has 3 aromatic heterocycles. The van der Waals surface area contributed by atoms with Crippen molar-refractivity contribution in [1.82, 2.24) is 19.5 Å². The molecule has 0 radical (unpaired) electrons. The third-order valence-corrected chi connectivity index (χ3v) is 11.2. The van der Waals surface area contributed by atoms with Crippen LogP contribution in [-0.2, 0) is 0 Å². The lowest BCUT2D eigenvalue weighted by Gasteiger charge is -2.16. The summed E-state index contributed by atoms with van der Waals surface area (Å²) < 4.78 is 8.93. The first-order valence-corrected chi connectivity index (χ1v) is 18.9. The van der Waals surface area contributed by atoms with Crippen LogP contribution in [0.25, 0.3) is 116 Å². The van der Waals surface area contributed by atoms with Crippen molar-refractivity contribution in [2.75, 3.05) is 0 Å². The van der Waals surface area contributed by atoms with Crippen LogP contribution in [-0.4, -0.2) is 19.5 Å². The van der Waals surface area contributed by atoms with E-state index < -0.39 is 0 Å². The van der Waals surface area contributed by atoms with E-state index >= 15 is 0 Å². The van der Waals surface area contributed by atoms with Gasteiger partial charge in [-0.2, -0.15) is 0 Å². The molecule has 0 amide bonds. The van der Waals surface area contributed by atoms with Crippen molar-refractivity contribution in [2.45, 2.75) is 0 Å². The normalized spacial score (nSPS) is 11.9. The Kier molecular flexibility index (Phi) is 6.56. The van der Waals surface area contributed by atoms with Crippen LogP contribution in [0.3, 0.4) is 0 Å². The summed E-state index contributed by atoms with van der Waals surface area (Å²) in [6.07, 6.45) is 0. The summed E-state index contributed by atoms with van der Waals surface area (Å²) >= 11 is 0. The Morgan fingerprint density at radius 2 is 1.00 bits per heavy atom. The molecular weight excluding hydrogens is 685 g/mol. The Bertz CT molecular complexity index is 3540. The van der Waals surface area contributed by atoms with Gasteiger partial charge in [0, 0.05) is 32.7 Å². The first kappa shape index (κ1) is 30.8. The highest BCUT2D eigenvalue weighted by Gasteiger charge is 2.24. The molecular formula is C51H30N4O. The van der Waals surface area contributed by atoms with Gasteiger partial charge in [0.25, 0.3) is 0 Å². The quantitative estimate of drug-likeness (QED) is 0.170. The summed E-state index contributed by atoms with van der Waals surface area (Å²) in [6.45, 7) is 0. The van der Waals surface area contributed by atoms with Gasteiger partial charge >= 0.3 is 0 Å². The lowest BCUT2D eigenvalue weighted by molar-refractivity contribution is 0.669. The number of fused-ring (bicyclic) bond motifs is 10. The van der Waals surface area contributed by atoms with E-state index in [2.05, 4.69) is 156 Å². The van der Waals surface area contributed by atoms with E-state index in [1.807, 2.05) is 30.3 Å². The highest BCUT2D eigenvalue weighted by Crippen LogP contribution is 2.44. The number of hydrogen-bond donors (Lipinski definition) is 0. The standard InChI is InChI=1S/C51H30N4O/c1-2-13-32(14-3-1)49-52-50(36-24-25-38-35(28-36)23-22-31-12-6-7-17-37(31)38)54-51(53-49)48-43(26-27-46-47(48)40-19-9-11-21-45(40)56-46)55-42-20-10-8-18-39(42)41-29-33-15-4-5-16-34(33)30-44(41)55/h1-30H. The zero-order valence-corrected chi connectivity index (χ0v) is 30.0. The molecule has 0 bridgehead atoms. The van der Waals surface area contributed by atoms with Crippen LogP contribution in [0.5, 0.6) is 0 Å². The second kappa shape index (κ2) is 11.9. The van der Waals surface area contributed by atoms with Gasteiger partial charge in [0.1, 0.15) is 11.2 Å². The monoisotopic (exact) mass is 714 g/mol. The summed E-state index contributed by atoms with van der Waals surface area (Å²) in [6, 6.07) is 63.9. The van der Waals surface area contributed by atoms with E-state index in [-0.39, 0.29) is 0 Å². The van der Waals surface area contributed by atoms with E-state index in [4.69, 9.17) is 19.4 Å². The molecule has 260 valence electrons. The van der Waals surface area contributed by atoms with E-state index in [9.17, 15) is 0 Å². The number of nitrogens with zero attached hydrogens (tertiary/aromatic N) is 4. The molecule has 3 heterocycles. The maximum absolute atomic E-state index is 6.55. The Labute approximate surface area is 320 Å². The van der Waals surface area contributed by atoms with E-state index in [0.29, 0.717) is 17.5 Å². The molecule has 0 saturated carbocycles. The molecule has 12 aromatic rings. The highest BCUT2D eigenvalue weighted by molar-refractivity contribution is 6.17. The van der Waals surface area contributed by atoms with Crippen molar-refractivity contribution in [3.63, 3.8) is 0 Å². The summed E-state index contributed by atoms with van der Waals surface area (Å²) in [5, 5.41) is 11.5. The summed E-state index contributed by atoms with van der Waals surface area (Å²) in [4.78, 5) is 15.9. The lowest BCUT2D eigenvalue weighted by atomic mass is 10.00. The maximum atomic E-state index is 6.55. The fourth-order valence-electron chi connectivity index (χ4n) is 8.62. The maximum Gasteiger partial charge on any atom is 0.166 e. The Balaban J connectivity index is 1.20. The van der Waals surface area contributed by atoms with Crippen molar-refractivity contribution in [3.8, 4) is 39.9 Å². The fraction of sp³-hybridized carbons (Fsp3) is 0. The molecule has 0 unspecified atom stereocenters. The molecule has 0 aliphatic rings. The van der Waals surface area contributed by atoms with Crippen LogP contribution in [0, 0.1) is 0 Å². The van der Waals surface area contributed by atoms with Crippen molar-refractivity contribution < 1.29 is 4.42 Å². The predicted molar refractivity (Wildman–Crippen MR) is 230 cm³/mol. The molecule has 0 atom stereocenters. The topological polar surface area (TPSA) is 56.7 Å².